The van der Waals surface area contributed by atoms with Gasteiger partial charge in [0.1, 0.15) is 11.6 Å². The van der Waals surface area contributed by atoms with E-state index in [1.165, 1.54) is 45.6 Å². The van der Waals surface area contributed by atoms with Gasteiger partial charge in [-0.05, 0) is 77.8 Å². The molecule has 15 heteroatoms. The summed E-state index contributed by atoms with van der Waals surface area (Å²) in [7, 11) is 4.08. The fourth-order valence-electron chi connectivity index (χ4n) is 10.2. The average molecular weight is 1020 g/mol. The minimum atomic E-state index is -0.913. The van der Waals surface area contributed by atoms with Crippen molar-refractivity contribution in [3.05, 3.63) is 160 Å². The molecule has 0 spiro atoms. The standard InChI is InChI=1S/C35H39FN2O6.C25H23FN2O3/c1-21(2)32-28(16-15-25-17-26(18-30(39)41-5)44-35(3,4)43-25)31(22-11-13-24(36)14-12-22)29-20-38(34(40)42-6)19-23-9-7-8-10-27(23)33(29)37-32;1-15(2)23-21(14-29)22(16-8-10-18(26)11-9-16)20-13-28(25(30)31-3)12-17-6-4-5-7-19(17)24(20)27-23/h7-16,21,25-26H,17-20H2,1-6H3;4-11,14-15H,12-13H2,1-3H3/b16-15+;/t25-,26-;/m1./s1. The lowest BCUT2D eigenvalue weighted by atomic mass is 9.87. The smallest absolute Gasteiger partial charge is 0.410 e. The summed E-state index contributed by atoms with van der Waals surface area (Å²) < 4.78 is 55.1. The largest absolute Gasteiger partial charge is 0.469 e. The summed E-state index contributed by atoms with van der Waals surface area (Å²) in [6, 6.07) is 28.2. The van der Waals surface area contributed by atoms with E-state index in [-0.39, 0.29) is 61.2 Å². The lowest BCUT2D eigenvalue weighted by Crippen LogP contribution is -2.44. The number of halogens is 2. The normalized spacial score (nSPS) is 16.6. The number of nitrogens with zero attached hydrogens (tertiary/aromatic N) is 4. The highest BCUT2D eigenvalue weighted by molar-refractivity contribution is 5.94. The molecule has 1 saturated heterocycles. The van der Waals surface area contributed by atoms with E-state index in [9.17, 15) is 28.0 Å². The molecule has 2 aromatic heterocycles. The van der Waals surface area contributed by atoms with E-state index in [0.717, 1.165) is 73.4 Å². The van der Waals surface area contributed by atoms with Crippen LogP contribution in [0.4, 0.5) is 18.4 Å². The van der Waals surface area contributed by atoms with E-state index in [1.54, 1.807) is 34.1 Å². The zero-order valence-corrected chi connectivity index (χ0v) is 43.7. The SMILES string of the molecule is COC(=O)C[C@H]1C[C@@H](/C=C/c2c(C(C)C)nc3c(c2-c2ccc(F)cc2)CN(C(=O)OC)Cc2ccccc2-3)OC(C)(C)O1.COC(=O)N1Cc2ccccc2-c2nc(C(C)C)c(C=O)c(-c3ccc(F)cc3)c2C1. The minimum Gasteiger partial charge on any atom is -0.469 e. The molecule has 9 rings (SSSR count). The molecule has 0 N–H and O–H groups in total. The summed E-state index contributed by atoms with van der Waals surface area (Å²) in [6.07, 6.45) is 3.71. The topological polar surface area (TPSA) is 147 Å². The number of rotatable bonds is 9. The molecule has 0 radical (unpaired) electrons. The van der Waals surface area contributed by atoms with E-state index in [0.29, 0.717) is 41.9 Å². The number of hydrogen-bond donors (Lipinski definition) is 0. The van der Waals surface area contributed by atoms with E-state index in [4.69, 9.17) is 33.7 Å². The summed E-state index contributed by atoms with van der Waals surface area (Å²) in [5, 5.41) is 0. The quantitative estimate of drug-likeness (QED) is 0.0774. The van der Waals surface area contributed by atoms with Crippen molar-refractivity contribution in [3.63, 3.8) is 0 Å². The van der Waals surface area contributed by atoms with Crippen LogP contribution in [0.1, 0.15) is 116 Å². The first-order valence-electron chi connectivity index (χ1n) is 25.0. The number of aldehydes is 1. The van der Waals surface area contributed by atoms with E-state index in [1.807, 2.05) is 88.4 Å². The van der Waals surface area contributed by atoms with Gasteiger partial charge in [0.2, 0.25) is 0 Å². The molecule has 3 aliphatic rings. The van der Waals surface area contributed by atoms with Crippen molar-refractivity contribution >= 4 is 30.5 Å². The van der Waals surface area contributed by atoms with Crippen LogP contribution >= 0.6 is 0 Å². The number of hydrogen-bond acceptors (Lipinski definition) is 11. The van der Waals surface area contributed by atoms with Crippen molar-refractivity contribution < 1.29 is 51.6 Å². The van der Waals surface area contributed by atoms with E-state index in [2.05, 4.69) is 13.8 Å². The molecule has 0 bridgehead atoms. The van der Waals surface area contributed by atoms with Crippen molar-refractivity contribution in [2.45, 2.75) is 110 Å². The second-order valence-electron chi connectivity index (χ2n) is 19.8. The highest BCUT2D eigenvalue weighted by Gasteiger charge is 2.37. The molecule has 0 aliphatic carbocycles. The molecule has 2 amide bonds. The van der Waals surface area contributed by atoms with Crippen LogP contribution < -0.4 is 0 Å². The van der Waals surface area contributed by atoms with Gasteiger partial charge in [-0.3, -0.25) is 29.4 Å². The summed E-state index contributed by atoms with van der Waals surface area (Å²) >= 11 is 0. The molecule has 1 fully saturated rings. The van der Waals surface area contributed by atoms with Crippen molar-refractivity contribution in [3.8, 4) is 44.8 Å². The van der Waals surface area contributed by atoms with E-state index < -0.39 is 18.0 Å². The molecule has 13 nitrogen and oxygen atoms in total. The average Bonchev–Trinajstić information content (AvgIpc) is 3.67. The van der Waals surface area contributed by atoms with Crippen molar-refractivity contribution in [2.75, 3.05) is 21.3 Å². The lowest BCUT2D eigenvalue weighted by molar-refractivity contribution is -0.290. The highest BCUT2D eigenvalue weighted by atomic mass is 19.1. The molecule has 0 unspecified atom stereocenters. The third kappa shape index (κ3) is 11.7. The van der Waals surface area contributed by atoms with Gasteiger partial charge in [-0.2, -0.15) is 0 Å². The zero-order valence-electron chi connectivity index (χ0n) is 43.7. The maximum atomic E-state index is 14.2. The minimum absolute atomic E-state index is 0.00294. The molecule has 390 valence electrons. The molecular weight excluding hydrogens is 959 g/mol. The number of pyridine rings is 2. The van der Waals surface area contributed by atoms with Gasteiger partial charge in [0.25, 0.3) is 0 Å². The number of fused-ring (bicyclic) bond motifs is 6. The Bertz CT molecular complexity index is 3140. The number of aromatic nitrogens is 2. The van der Waals surface area contributed by atoms with Crippen LogP contribution in [0.25, 0.3) is 50.8 Å². The molecule has 5 heterocycles. The van der Waals surface area contributed by atoms with Crippen molar-refractivity contribution in [1.29, 1.82) is 0 Å². The second kappa shape index (κ2) is 22.9. The van der Waals surface area contributed by atoms with E-state index >= 15 is 0 Å². The lowest BCUT2D eigenvalue weighted by Gasteiger charge is -2.39. The van der Waals surface area contributed by atoms with Gasteiger partial charge in [-0.1, -0.05) is 113 Å². The van der Waals surface area contributed by atoms with Crippen LogP contribution in [-0.2, 0) is 54.7 Å². The summed E-state index contributed by atoms with van der Waals surface area (Å²) in [5.41, 5.74) is 12.7. The third-order valence-corrected chi connectivity index (χ3v) is 13.5. The molecule has 4 aromatic carbocycles. The van der Waals surface area contributed by atoms with Gasteiger partial charge in [0.15, 0.2) is 12.1 Å². The van der Waals surface area contributed by atoms with Crippen LogP contribution in [-0.4, -0.2) is 83.5 Å². The van der Waals surface area contributed by atoms with Crippen molar-refractivity contribution in [1.82, 2.24) is 19.8 Å². The summed E-state index contributed by atoms with van der Waals surface area (Å²) in [6.45, 7) is 13.0. The first-order chi connectivity index (χ1) is 35.9. The van der Waals surface area contributed by atoms with Crippen LogP contribution in [0.15, 0.2) is 103 Å². The fourth-order valence-corrected chi connectivity index (χ4v) is 10.2. The predicted molar refractivity (Wildman–Crippen MR) is 281 cm³/mol. The summed E-state index contributed by atoms with van der Waals surface area (Å²) in [4.78, 5) is 63.2. The zero-order chi connectivity index (χ0) is 53.7. The first kappa shape index (κ1) is 53.7. The number of carbonyl (C=O) groups is 4. The Hall–Kier alpha value is -7.62. The Morgan fingerprint density at radius 2 is 1.11 bits per heavy atom. The fraction of sp³-hybridized carbons (Fsp3) is 0.333. The number of amides is 2. The molecular formula is C60H62F2N4O9. The van der Waals surface area contributed by atoms with Gasteiger partial charge in [-0.25, -0.2) is 18.4 Å². The van der Waals surface area contributed by atoms with Crippen LogP contribution in [0, 0.1) is 11.6 Å². The van der Waals surface area contributed by atoms with Gasteiger partial charge in [-0.15, -0.1) is 0 Å². The molecule has 0 saturated carbocycles. The molecule has 2 atom stereocenters. The van der Waals surface area contributed by atoms with Gasteiger partial charge >= 0.3 is 18.2 Å². The van der Waals surface area contributed by atoms with Crippen LogP contribution in [0.5, 0.6) is 0 Å². The second-order valence-corrected chi connectivity index (χ2v) is 19.8. The number of esters is 1. The molecule has 75 heavy (non-hydrogen) atoms. The Balaban J connectivity index is 0.000000211. The molecule has 6 aromatic rings. The number of methoxy groups -OCH3 is 3. The van der Waals surface area contributed by atoms with Gasteiger partial charge in [0.05, 0.1) is 88.9 Å². The van der Waals surface area contributed by atoms with Crippen LogP contribution in [0.2, 0.25) is 0 Å². The number of ether oxygens (including phenoxy) is 5. The Morgan fingerprint density at radius 3 is 1.55 bits per heavy atom. The Kier molecular flexibility index (Phi) is 16.4. The van der Waals surface area contributed by atoms with Gasteiger partial charge in [0, 0.05) is 45.4 Å². The number of carbonyl (C=O) groups excluding carboxylic acids is 4. The maximum Gasteiger partial charge on any atom is 0.410 e. The molecule has 3 aliphatic heterocycles. The van der Waals surface area contributed by atoms with Crippen molar-refractivity contribution in [2.24, 2.45) is 0 Å². The number of benzene rings is 4. The summed E-state index contributed by atoms with van der Waals surface area (Å²) in [5.74, 6) is -1.93. The monoisotopic (exact) mass is 1020 g/mol. The highest BCUT2D eigenvalue weighted by Crippen LogP contribution is 2.44. The maximum absolute atomic E-state index is 14.2. The van der Waals surface area contributed by atoms with Crippen LogP contribution in [0.3, 0.4) is 0 Å². The first-order valence-corrected chi connectivity index (χ1v) is 25.0. The Labute approximate surface area is 436 Å². The Morgan fingerprint density at radius 1 is 0.653 bits per heavy atom. The van der Waals surface area contributed by atoms with Gasteiger partial charge < -0.3 is 23.7 Å². The predicted octanol–water partition coefficient (Wildman–Crippen LogP) is 12.8. The third-order valence-electron chi connectivity index (χ3n) is 13.5.